The molecule has 6 nitrogen and oxygen atoms in total. The van der Waals surface area contributed by atoms with Crippen molar-refractivity contribution in [1.29, 1.82) is 0 Å². The largest absolute Gasteiger partial charge is 0.353 e. The van der Waals surface area contributed by atoms with Crippen LogP contribution in [0.15, 0.2) is 0 Å². The highest BCUT2D eigenvalue weighted by molar-refractivity contribution is 7.19. The molecule has 0 aromatic carbocycles. The van der Waals surface area contributed by atoms with Crippen LogP contribution in [-0.2, 0) is 17.6 Å². The molecule has 0 unspecified atom stereocenters. The van der Waals surface area contributed by atoms with Gasteiger partial charge in [-0.1, -0.05) is 6.92 Å². The normalized spacial score (nSPS) is 20.7. The van der Waals surface area contributed by atoms with E-state index in [0.29, 0.717) is 6.54 Å². The van der Waals surface area contributed by atoms with Crippen LogP contribution in [0, 0.1) is 12.8 Å². The number of anilines is 1. The first-order valence-electron chi connectivity index (χ1n) is 9.88. The van der Waals surface area contributed by atoms with Crippen LogP contribution >= 0.6 is 11.3 Å². The van der Waals surface area contributed by atoms with Crippen molar-refractivity contribution in [3.05, 3.63) is 16.3 Å². The van der Waals surface area contributed by atoms with Gasteiger partial charge in [0.1, 0.15) is 16.5 Å². The summed E-state index contributed by atoms with van der Waals surface area (Å²) >= 11 is 1.87. The van der Waals surface area contributed by atoms with Gasteiger partial charge in [0, 0.05) is 45.2 Å². The molecule has 1 aliphatic heterocycles. The van der Waals surface area contributed by atoms with Gasteiger partial charge in [0.25, 0.3) is 0 Å². The van der Waals surface area contributed by atoms with Gasteiger partial charge in [-0.3, -0.25) is 9.69 Å². The van der Waals surface area contributed by atoms with E-state index in [9.17, 15) is 4.79 Å². The molecule has 0 saturated carbocycles. The molecule has 146 valence electrons. The summed E-state index contributed by atoms with van der Waals surface area (Å²) < 4.78 is 0. The maximum absolute atomic E-state index is 12.0. The lowest BCUT2D eigenvalue weighted by molar-refractivity contribution is -0.129. The number of hydrogen-bond acceptors (Lipinski definition) is 6. The number of rotatable bonds is 3. The van der Waals surface area contributed by atoms with E-state index in [2.05, 4.69) is 16.7 Å². The molecule has 7 heteroatoms. The van der Waals surface area contributed by atoms with Crippen molar-refractivity contribution in [3.63, 3.8) is 0 Å². The molecule has 4 rings (SSSR count). The predicted molar refractivity (Wildman–Crippen MR) is 111 cm³/mol. The van der Waals surface area contributed by atoms with Gasteiger partial charge < -0.3 is 9.80 Å². The number of likely N-dealkylation sites (N-methyl/N-ethyl adjacent to an activating group) is 1. The first-order chi connectivity index (χ1) is 12.9. The molecule has 1 fully saturated rings. The van der Waals surface area contributed by atoms with Crippen molar-refractivity contribution in [2.24, 2.45) is 5.92 Å². The van der Waals surface area contributed by atoms with Gasteiger partial charge >= 0.3 is 0 Å². The number of carbonyl (C=O) groups excluding carboxylic acids is 1. The van der Waals surface area contributed by atoms with Crippen molar-refractivity contribution >= 4 is 33.3 Å². The fourth-order valence-electron chi connectivity index (χ4n) is 4.11. The molecule has 2 aromatic rings. The molecule has 27 heavy (non-hydrogen) atoms. The Hall–Kier alpha value is -1.73. The van der Waals surface area contributed by atoms with E-state index in [1.807, 2.05) is 32.4 Å². The third kappa shape index (κ3) is 3.67. The summed E-state index contributed by atoms with van der Waals surface area (Å²) in [5, 5.41) is 1.30. The highest BCUT2D eigenvalue weighted by Gasteiger charge is 2.27. The van der Waals surface area contributed by atoms with E-state index in [1.165, 1.54) is 28.7 Å². The molecule has 1 saturated heterocycles. The van der Waals surface area contributed by atoms with Gasteiger partial charge in [-0.05, 0) is 37.7 Å². The van der Waals surface area contributed by atoms with E-state index in [0.717, 1.165) is 55.0 Å². The van der Waals surface area contributed by atoms with Crippen LogP contribution in [0.2, 0.25) is 0 Å². The molecule has 0 bridgehead atoms. The van der Waals surface area contributed by atoms with Crippen LogP contribution in [0.5, 0.6) is 0 Å². The Labute approximate surface area is 165 Å². The SMILES string of the molecule is Cc1nc(N2CCN(CC(=O)N(C)C)CC2)c2c3c(sc2n1)C[C@H](C)CC3. The molecule has 0 radical (unpaired) electrons. The molecule has 2 aliphatic rings. The van der Waals surface area contributed by atoms with E-state index in [-0.39, 0.29) is 5.91 Å². The highest BCUT2D eigenvalue weighted by Crippen LogP contribution is 2.41. The minimum absolute atomic E-state index is 0.171. The zero-order valence-corrected chi connectivity index (χ0v) is 17.6. The molecule has 1 amide bonds. The van der Waals surface area contributed by atoms with Crippen LogP contribution in [0.1, 0.15) is 29.6 Å². The standard InChI is InChI=1S/C20H29N5OS/c1-13-5-6-15-16(11-13)27-20-18(15)19(21-14(2)22-20)25-9-7-24(8-10-25)12-17(26)23(3)4/h13H,5-12H2,1-4H3/t13-/m1/s1. The maximum Gasteiger partial charge on any atom is 0.236 e. The molecule has 3 heterocycles. The van der Waals surface area contributed by atoms with Crippen LogP contribution in [0.25, 0.3) is 10.2 Å². The van der Waals surface area contributed by atoms with Crippen LogP contribution in [0.4, 0.5) is 5.82 Å². The number of fused-ring (bicyclic) bond motifs is 3. The zero-order chi connectivity index (χ0) is 19.1. The van der Waals surface area contributed by atoms with E-state index >= 15 is 0 Å². The topological polar surface area (TPSA) is 52.6 Å². The lowest BCUT2D eigenvalue weighted by atomic mass is 9.89. The van der Waals surface area contributed by atoms with Gasteiger partial charge in [0.05, 0.1) is 11.9 Å². The lowest BCUT2D eigenvalue weighted by Crippen LogP contribution is -2.49. The molecule has 0 spiro atoms. The Kier molecular flexibility index (Phi) is 5.07. The van der Waals surface area contributed by atoms with Crippen molar-refractivity contribution in [2.45, 2.75) is 33.1 Å². The van der Waals surface area contributed by atoms with Crippen LogP contribution < -0.4 is 4.90 Å². The smallest absolute Gasteiger partial charge is 0.236 e. The number of aromatic nitrogens is 2. The van der Waals surface area contributed by atoms with Crippen LogP contribution in [-0.4, -0.2) is 72.5 Å². The average Bonchev–Trinajstić information content (AvgIpc) is 2.98. The minimum atomic E-state index is 0.171. The van der Waals surface area contributed by atoms with Crippen molar-refractivity contribution in [2.75, 3.05) is 51.7 Å². The Bertz CT molecular complexity index is 854. The molecule has 1 aliphatic carbocycles. The third-order valence-corrected chi connectivity index (χ3v) is 6.93. The summed E-state index contributed by atoms with van der Waals surface area (Å²) in [7, 11) is 3.64. The number of aryl methyl sites for hydroxylation is 2. The summed E-state index contributed by atoms with van der Waals surface area (Å²) in [6.07, 6.45) is 3.58. The average molecular weight is 388 g/mol. The van der Waals surface area contributed by atoms with Gasteiger partial charge in [0.15, 0.2) is 0 Å². The van der Waals surface area contributed by atoms with Gasteiger partial charge in [-0.2, -0.15) is 0 Å². The summed E-state index contributed by atoms with van der Waals surface area (Å²) in [6, 6.07) is 0. The summed E-state index contributed by atoms with van der Waals surface area (Å²) in [5.74, 6) is 2.91. The van der Waals surface area contributed by atoms with Gasteiger partial charge in [0.2, 0.25) is 5.91 Å². The minimum Gasteiger partial charge on any atom is -0.353 e. The first-order valence-corrected chi connectivity index (χ1v) is 10.7. The number of thiophene rings is 1. The fourth-order valence-corrected chi connectivity index (χ4v) is 5.53. The number of piperazine rings is 1. The Balaban J connectivity index is 1.58. The highest BCUT2D eigenvalue weighted by atomic mass is 32.1. The lowest BCUT2D eigenvalue weighted by Gasteiger charge is -2.36. The molecular weight excluding hydrogens is 358 g/mol. The summed E-state index contributed by atoms with van der Waals surface area (Å²) in [5.41, 5.74) is 1.49. The number of hydrogen-bond donors (Lipinski definition) is 0. The molecule has 2 aromatic heterocycles. The number of nitrogens with zero attached hydrogens (tertiary/aromatic N) is 5. The molecule has 1 atom stereocenters. The van der Waals surface area contributed by atoms with Crippen molar-refractivity contribution < 1.29 is 4.79 Å². The second-order valence-corrected chi connectivity index (χ2v) is 9.26. The number of amides is 1. The quantitative estimate of drug-likeness (QED) is 0.809. The van der Waals surface area contributed by atoms with Gasteiger partial charge in [-0.15, -0.1) is 11.3 Å². The van der Waals surface area contributed by atoms with Crippen molar-refractivity contribution in [1.82, 2.24) is 19.8 Å². The first kappa shape index (κ1) is 18.6. The van der Waals surface area contributed by atoms with E-state index in [1.54, 1.807) is 4.90 Å². The second kappa shape index (κ2) is 7.36. The monoisotopic (exact) mass is 387 g/mol. The third-order valence-electron chi connectivity index (χ3n) is 5.78. The summed E-state index contributed by atoms with van der Waals surface area (Å²) in [6.45, 7) is 8.46. The Morgan fingerprint density at radius 1 is 1.22 bits per heavy atom. The van der Waals surface area contributed by atoms with Crippen molar-refractivity contribution in [3.8, 4) is 0 Å². The number of carbonyl (C=O) groups is 1. The van der Waals surface area contributed by atoms with E-state index in [4.69, 9.17) is 9.97 Å². The Morgan fingerprint density at radius 3 is 2.67 bits per heavy atom. The van der Waals surface area contributed by atoms with Gasteiger partial charge in [-0.25, -0.2) is 9.97 Å². The predicted octanol–water partition coefficient (Wildman–Crippen LogP) is 2.33. The van der Waals surface area contributed by atoms with E-state index < -0.39 is 0 Å². The summed E-state index contributed by atoms with van der Waals surface area (Å²) in [4.78, 5) is 30.6. The Morgan fingerprint density at radius 2 is 1.96 bits per heavy atom. The molecule has 0 N–H and O–H groups in total. The molecular formula is C20H29N5OS. The fraction of sp³-hybridized carbons (Fsp3) is 0.650. The maximum atomic E-state index is 12.0. The van der Waals surface area contributed by atoms with Crippen LogP contribution in [0.3, 0.4) is 0 Å². The zero-order valence-electron chi connectivity index (χ0n) is 16.8. The second-order valence-electron chi connectivity index (χ2n) is 8.18.